The third-order valence-corrected chi connectivity index (χ3v) is 5.19. The number of nitrogens with one attached hydrogen (secondary N) is 1. The molecule has 7 nitrogen and oxygen atoms in total. The molecule has 4 rings (SSSR count). The maximum absolute atomic E-state index is 12.9. The van der Waals surface area contributed by atoms with Crippen molar-refractivity contribution in [3.05, 3.63) is 82.6 Å². The number of carbonyl (C=O) groups excluding carboxylic acids is 2. The second-order valence-corrected chi connectivity index (χ2v) is 7.28. The van der Waals surface area contributed by atoms with Gasteiger partial charge in [-0.25, -0.2) is 0 Å². The summed E-state index contributed by atoms with van der Waals surface area (Å²) in [5.41, 5.74) is 1.51. The van der Waals surface area contributed by atoms with Crippen LogP contribution in [0.5, 0.6) is 5.75 Å². The molecule has 30 heavy (non-hydrogen) atoms. The summed E-state index contributed by atoms with van der Waals surface area (Å²) in [4.78, 5) is 27.0. The highest BCUT2D eigenvalue weighted by Gasteiger charge is 2.28. The van der Waals surface area contributed by atoms with Gasteiger partial charge in [0.2, 0.25) is 0 Å². The summed E-state index contributed by atoms with van der Waals surface area (Å²) in [7, 11) is 0. The van der Waals surface area contributed by atoms with E-state index in [1.54, 1.807) is 15.6 Å². The van der Waals surface area contributed by atoms with Gasteiger partial charge in [0.1, 0.15) is 18.1 Å². The van der Waals surface area contributed by atoms with Crippen molar-refractivity contribution >= 4 is 23.4 Å². The molecule has 1 aliphatic rings. The van der Waals surface area contributed by atoms with Gasteiger partial charge in [0, 0.05) is 24.2 Å². The van der Waals surface area contributed by atoms with Crippen LogP contribution < -0.4 is 10.1 Å². The van der Waals surface area contributed by atoms with Crippen LogP contribution in [0.4, 0.5) is 0 Å². The SMILES string of the molecule is O=C(NCCOc1ccccc1)c1cc2n(n1)CCN(Cc1ccccc1Cl)C2=O. The molecule has 0 radical (unpaired) electrons. The van der Waals surface area contributed by atoms with E-state index in [2.05, 4.69) is 10.4 Å². The van der Waals surface area contributed by atoms with Crippen molar-refractivity contribution in [1.82, 2.24) is 20.0 Å². The molecule has 0 atom stereocenters. The molecule has 1 aliphatic heterocycles. The number of nitrogens with zero attached hydrogens (tertiary/aromatic N) is 3. The zero-order valence-electron chi connectivity index (χ0n) is 16.3. The van der Waals surface area contributed by atoms with Crippen molar-refractivity contribution < 1.29 is 14.3 Å². The lowest BCUT2D eigenvalue weighted by Gasteiger charge is -2.27. The van der Waals surface area contributed by atoms with Crippen molar-refractivity contribution in [2.24, 2.45) is 0 Å². The molecule has 8 heteroatoms. The van der Waals surface area contributed by atoms with E-state index in [-0.39, 0.29) is 17.5 Å². The molecular formula is C22H21ClN4O3. The number of fused-ring (bicyclic) bond motifs is 1. The molecule has 0 bridgehead atoms. The minimum atomic E-state index is -0.334. The first-order valence-corrected chi connectivity index (χ1v) is 10.1. The van der Waals surface area contributed by atoms with Crippen LogP contribution in [0.2, 0.25) is 5.02 Å². The molecule has 1 N–H and O–H groups in total. The Bertz CT molecular complexity index is 1050. The van der Waals surface area contributed by atoms with Crippen LogP contribution in [0.3, 0.4) is 0 Å². The van der Waals surface area contributed by atoms with Gasteiger partial charge in [-0.05, 0) is 23.8 Å². The van der Waals surface area contributed by atoms with Crippen molar-refractivity contribution in [3.63, 3.8) is 0 Å². The number of carbonyl (C=O) groups is 2. The maximum atomic E-state index is 12.9. The van der Waals surface area contributed by atoms with Crippen LogP contribution in [0.25, 0.3) is 0 Å². The predicted octanol–water partition coefficient (Wildman–Crippen LogP) is 3.00. The van der Waals surface area contributed by atoms with Crippen molar-refractivity contribution in [1.29, 1.82) is 0 Å². The quantitative estimate of drug-likeness (QED) is 0.591. The summed E-state index contributed by atoms with van der Waals surface area (Å²) in [5.74, 6) is 0.243. The summed E-state index contributed by atoms with van der Waals surface area (Å²) in [5, 5.41) is 7.68. The fourth-order valence-corrected chi connectivity index (χ4v) is 3.47. The van der Waals surface area contributed by atoms with Gasteiger partial charge in [-0.15, -0.1) is 0 Å². The van der Waals surface area contributed by atoms with Crippen molar-refractivity contribution in [2.45, 2.75) is 13.1 Å². The Morgan fingerprint density at radius 1 is 1.10 bits per heavy atom. The van der Waals surface area contributed by atoms with E-state index in [0.717, 1.165) is 11.3 Å². The Morgan fingerprint density at radius 2 is 1.87 bits per heavy atom. The highest BCUT2D eigenvalue weighted by Crippen LogP contribution is 2.21. The van der Waals surface area contributed by atoms with Crippen LogP contribution in [0.1, 0.15) is 26.5 Å². The average Bonchev–Trinajstić information content (AvgIpc) is 3.21. The third kappa shape index (κ3) is 4.46. The molecule has 0 saturated carbocycles. The lowest BCUT2D eigenvalue weighted by atomic mass is 10.2. The number of halogens is 1. The summed E-state index contributed by atoms with van der Waals surface area (Å²) in [6.07, 6.45) is 0. The van der Waals surface area contributed by atoms with Crippen LogP contribution in [0, 0.1) is 0 Å². The zero-order valence-corrected chi connectivity index (χ0v) is 17.0. The average molecular weight is 425 g/mol. The molecule has 2 heterocycles. The topological polar surface area (TPSA) is 76.5 Å². The molecular weight excluding hydrogens is 404 g/mol. The highest BCUT2D eigenvalue weighted by atomic mass is 35.5. The first-order valence-electron chi connectivity index (χ1n) is 9.68. The molecule has 0 fully saturated rings. The lowest BCUT2D eigenvalue weighted by Crippen LogP contribution is -2.39. The third-order valence-electron chi connectivity index (χ3n) is 4.82. The maximum Gasteiger partial charge on any atom is 0.272 e. The summed E-state index contributed by atoms with van der Waals surface area (Å²) in [6.45, 7) is 2.12. The van der Waals surface area contributed by atoms with Crippen LogP contribution in [-0.4, -0.2) is 46.2 Å². The molecule has 3 aromatic rings. The molecule has 154 valence electrons. The number of hydrogen-bond donors (Lipinski definition) is 1. The Balaban J connectivity index is 1.35. The number of aromatic nitrogens is 2. The van der Waals surface area contributed by atoms with E-state index in [9.17, 15) is 9.59 Å². The van der Waals surface area contributed by atoms with E-state index < -0.39 is 0 Å². The summed E-state index contributed by atoms with van der Waals surface area (Å²) >= 11 is 6.22. The second-order valence-electron chi connectivity index (χ2n) is 6.87. The van der Waals surface area contributed by atoms with E-state index in [1.165, 1.54) is 6.07 Å². The first-order chi connectivity index (χ1) is 14.6. The standard InChI is InChI=1S/C22H21ClN4O3/c23-18-9-5-4-6-16(18)15-26-11-12-27-20(22(26)29)14-19(25-27)21(28)24-10-13-30-17-7-2-1-3-8-17/h1-9,14H,10-13,15H2,(H,24,28). The van der Waals surface area contributed by atoms with Crippen LogP contribution in [0.15, 0.2) is 60.7 Å². The van der Waals surface area contributed by atoms with E-state index >= 15 is 0 Å². The summed E-state index contributed by atoms with van der Waals surface area (Å²) in [6, 6.07) is 18.4. The van der Waals surface area contributed by atoms with Crippen LogP contribution >= 0.6 is 11.6 Å². The molecule has 0 unspecified atom stereocenters. The van der Waals surface area contributed by atoms with Gasteiger partial charge in [0.15, 0.2) is 5.69 Å². The Labute approximate surface area is 179 Å². The highest BCUT2D eigenvalue weighted by molar-refractivity contribution is 6.31. The molecule has 2 aromatic carbocycles. The van der Waals surface area contributed by atoms with Gasteiger partial charge in [-0.3, -0.25) is 14.3 Å². The van der Waals surface area contributed by atoms with Gasteiger partial charge in [0.05, 0.1) is 13.1 Å². The number of rotatable bonds is 7. The number of ether oxygens (including phenoxy) is 1. The number of hydrogen-bond acceptors (Lipinski definition) is 4. The monoisotopic (exact) mass is 424 g/mol. The summed E-state index contributed by atoms with van der Waals surface area (Å²) < 4.78 is 7.14. The van der Waals surface area contributed by atoms with Gasteiger partial charge in [-0.2, -0.15) is 5.10 Å². The van der Waals surface area contributed by atoms with Gasteiger partial charge in [-0.1, -0.05) is 48.0 Å². The Hall–Kier alpha value is -3.32. The fraction of sp³-hybridized carbons (Fsp3) is 0.227. The minimum Gasteiger partial charge on any atom is -0.492 e. The second kappa shape index (κ2) is 9.00. The molecule has 1 aromatic heterocycles. The zero-order chi connectivity index (χ0) is 20.9. The molecule has 0 aliphatic carbocycles. The lowest BCUT2D eigenvalue weighted by molar-refractivity contribution is 0.0683. The van der Waals surface area contributed by atoms with Gasteiger partial charge in [0.25, 0.3) is 11.8 Å². The largest absolute Gasteiger partial charge is 0.492 e. The Morgan fingerprint density at radius 3 is 2.67 bits per heavy atom. The molecule has 0 spiro atoms. The number of benzene rings is 2. The normalized spacial score (nSPS) is 13.1. The van der Waals surface area contributed by atoms with E-state index in [1.807, 2.05) is 48.5 Å². The smallest absolute Gasteiger partial charge is 0.272 e. The van der Waals surface area contributed by atoms with Crippen molar-refractivity contribution in [3.8, 4) is 5.75 Å². The number of amides is 2. The van der Waals surface area contributed by atoms with E-state index in [0.29, 0.717) is 43.5 Å². The van der Waals surface area contributed by atoms with Crippen LogP contribution in [-0.2, 0) is 13.1 Å². The van der Waals surface area contributed by atoms with E-state index in [4.69, 9.17) is 16.3 Å². The van der Waals surface area contributed by atoms with Gasteiger partial charge >= 0.3 is 0 Å². The minimum absolute atomic E-state index is 0.167. The first kappa shape index (κ1) is 20.0. The predicted molar refractivity (Wildman–Crippen MR) is 113 cm³/mol. The van der Waals surface area contributed by atoms with Gasteiger partial charge < -0.3 is 15.0 Å². The molecule has 2 amide bonds. The Kier molecular flexibility index (Phi) is 5.99. The number of para-hydroxylation sites is 1. The molecule has 0 saturated heterocycles. The fourth-order valence-electron chi connectivity index (χ4n) is 3.27. The van der Waals surface area contributed by atoms with Crippen molar-refractivity contribution in [2.75, 3.05) is 19.7 Å².